The van der Waals surface area contributed by atoms with Crippen LogP contribution in [-0.4, -0.2) is 11.7 Å². The van der Waals surface area contributed by atoms with Crippen LogP contribution in [0.4, 0.5) is 0 Å². The summed E-state index contributed by atoms with van der Waals surface area (Å²) in [6.07, 6.45) is 0. The van der Waals surface area contributed by atoms with Gasteiger partial charge in [0.2, 0.25) is 5.91 Å². The van der Waals surface area contributed by atoms with E-state index in [1.54, 1.807) is 30.3 Å². The molecule has 2 aromatic carbocycles. The number of rotatable bonds is 3. The van der Waals surface area contributed by atoms with Crippen molar-refractivity contribution < 1.29 is 9.59 Å². The van der Waals surface area contributed by atoms with Crippen LogP contribution in [0.15, 0.2) is 48.5 Å². The highest BCUT2D eigenvalue weighted by molar-refractivity contribution is 6.10. The molecule has 90 valence electrons. The zero-order valence-electron chi connectivity index (χ0n) is 10.0. The highest BCUT2D eigenvalue weighted by atomic mass is 16.1. The molecular weight excluding hydrogens is 226 g/mol. The Morgan fingerprint density at radius 1 is 0.889 bits per heavy atom. The second-order valence-electron chi connectivity index (χ2n) is 4.14. The summed E-state index contributed by atoms with van der Waals surface area (Å²) in [5.41, 5.74) is 7.69. The zero-order chi connectivity index (χ0) is 13.1. The third-order valence-corrected chi connectivity index (χ3v) is 2.72. The minimum atomic E-state index is -0.534. The van der Waals surface area contributed by atoms with Gasteiger partial charge in [0.25, 0.3) is 0 Å². The van der Waals surface area contributed by atoms with Crippen LogP contribution in [0.5, 0.6) is 0 Å². The summed E-state index contributed by atoms with van der Waals surface area (Å²) < 4.78 is 0. The molecule has 0 fully saturated rings. The van der Waals surface area contributed by atoms with Crippen molar-refractivity contribution in [3.05, 3.63) is 70.8 Å². The van der Waals surface area contributed by atoms with Crippen molar-refractivity contribution in [2.45, 2.75) is 6.92 Å². The predicted octanol–water partition coefficient (Wildman–Crippen LogP) is 2.32. The quantitative estimate of drug-likeness (QED) is 0.835. The fraction of sp³-hybridized carbons (Fsp3) is 0.0667. The van der Waals surface area contributed by atoms with E-state index in [1.807, 2.05) is 19.1 Å². The molecule has 2 rings (SSSR count). The number of benzene rings is 2. The molecule has 0 saturated carbocycles. The Hall–Kier alpha value is -2.42. The summed E-state index contributed by atoms with van der Waals surface area (Å²) in [7, 11) is 0. The van der Waals surface area contributed by atoms with Gasteiger partial charge in [0.05, 0.1) is 0 Å². The van der Waals surface area contributed by atoms with Crippen LogP contribution in [0.3, 0.4) is 0 Å². The second kappa shape index (κ2) is 4.84. The average molecular weight is 239 g/mol. The predicted molar refractivity (Wildman–Crippen MR) is 69.6 cm³/mol. The monoisotopic (exact) mass is 239 g/mol. The van der Waals surface area contributed by atoms with E-state index in [-0.39, 0.29) is 5.78 Å². The van der Waals surface area contributed by atoms with Crippen LogP contribution in [0.25, 0.3) is 0 Å². The first-order valence-electron chi connectivity index (χ1n) is 5.59. The lowest BCUT2D eigenvalue weighted by Crippen LogP contribution is -2.12. The largest absolute Gasteiger partial charge is 0.366 e. The lowest BCUT2D eigenvalue weighted by molar-refractivity contribution is 0.1000. The lowest BCUT2D eigenvalue weighted by atomic mass is 10.0. The van der Waals surface area contributed by atoms with E-state index in [2.05, 4.69) is 0 Å². The zero-order valence-corrected chi connectivity index (χ0v) is 10.0. The molecule has 0 aliphatic carbocycles. The molecule has 18 heavy (non-hydrogen) atoms. The van der Waals surface area contributed by atoms with Crippen LogP contribution < -0.4 is 5.73 Å². The van der Waals surface area contributed by atoms with Crippen LogP contribution in [0.2, 0.25) is 0 Å². The van der Waals surface area contributed by atoms with Crippen LogP contribution >= 0.6 is 0 Å². The maximum absolute atomic E-state index is 12.2. The molecule has 1 amide bonds. The normalized spacial score (nSPS) is 10.1. The van der Waals surface area contributed by atoms with Gasteiger partial charge >= 0.3 is 0 Å². The van der Waals surface area contributed by atoms with E-state index in [1.165, 1.54) is 6.07 Å². The maximum atomic E-state index is 12.2. The van der Waals surface area contributed by atoms with E-state index >= 15 is 0 Å². The molecule has 2 aromatic rings. The molecule has 0 unspecified atom stereocenters. The first kappa shape index (κ1) is 12.0. The van der Waals surface area contributed by atoms with Crippen molar-refractivity contribution in [2.75, 3.05) is 0 Å². The Morgan fingerprint density at radius 2 is 1.50 bits per heavy atom. The van der Waals surface area contributed by atoms with Crippen molar-refractivity contribution >= 4 is 11.7 Å². The summed E-state index contributed by atoms with van der Waals surface area (Å²) in [6.45, 7) is 1.96. The number of amides is 1. The lowest BCUT2D eigenvalue weighted by Gasteiger charge is -2.03. The summed E-state index contributed by atoms with van der Waals surface area (Å²) in [5.74, 6) is -0.647. The van der Waals surface area contributed by atoms with Gasteiger partial charge in [-0.2, -0.15) is 0 Å². The Labute approximate surface area is 105 Å². The summed E-state index contributed by atoms with van der Waals surface area (Å²) in [6, 6.07) is 13.7. The first-order chi connectivity index (χ1) is 8.58. The van der Waals surface area contributed by atoms with Gasteiger partial charge in [0, 0.05) is 16.7 Å². The summed E-state index contributed by atoms with van der Waals surface area (Å²) >= 11 is 0. The molecule has 0 aromatic heterocycles. The topological polar surface area (TPSA) is 60.2 Å². The Morgan fingerprint density at radius 3 is 2.11 bits per heavy atom. The summed E-state index contributed by atoms with van der Waals surface area (Å²) in [5, 5.41) is 0. The summed E-state index contributed by atoms with van der Waals surface area (Å²) in [4.78, 5) is 23.2. The van der Waals surface area contributed by atoms with Crippen molar-refractivity contribution in [3.8, 4) is 0 Å². The highest BCUT2D eigenvalue weighted by Gasteiger charge is 2.10. The van der Waals surface area contributed by atoms with Gasteiger partial charge in [0.15, 0.2) is 5.78 Å². The van der Waals surface area contributed by atoms with Gasteiger partial charge in [-0.15, -0.1) is 0 Å². The third-order valence-electron chi connectivity index (χ3n) is 2.72. The van der Waals surface area contributed by atoms with Crippen molar-refractivity contribution in [1.82, 2.24) is 0 Å². The van der Waals surface area contributed by atoms with Gasteiger partial charge in [-0.25, -0.2) is 0 Å². The van der Waals surface area contributed by atoms with Gasteiger partial charge in [-0.3, -0.25) is 9.59 Å². The molecule has 0 aliphatic heterocycles. The Balaban J connectivity index is 2.37. The van der Waals surface area contributed by atoms with Crippen molar-refractivity contribution in [1.29, 1.82) is 0 Å². The minimum Gasteiger partial charge on any atom is -0.366 e. The van der Waals surface area contributed by atoms with Crippen LogP contribution in [-0.2, 0) is 0 Å². The van der Waals surface area contributed by atoms with Gasteiger partial charge in [0.1, 0.15) is 0 Å². The number of carbonyl (C=O) groups excluding carboxylic acids is 2. The SMILES string of the molecule is Cc1ccc(C(=O)c2cccc(C(N)=O)c2)cc1. The third kappa shape index (κ3) is 2.46. The molecule has 2 N–H and O–H groups in total. The fourth-order valence-electron chi connectivity index (χ4n) is 1.69. The molecule has 0 atom stereocenters. The maximum Gasteiger partial charge on any atom is 0.248 e. The van der Waals surface area contributed by atoms with Crippen LogP contribution in [0, 0.1) is 6.92 Å². The smallest absolute Gasteiger partial charge is 0.248 e. The number of hydrogen-bond acceptors (Lipinski definition) is 2. The minimum absolute atomic E-state index is 0.113. The molecule has 0 heterocycles. The highest BCUT2D eigenvalue weighted by Crippen LogP contribution is 2.12. The van der Waals surface area contributed by atoms with Crippen LogP contribution in [0.1, 0.15) is 31.8 Å². The number of primary amides is 1. The first-order valence-corrected chi connectivity index (χ1v) is 5.59. The molecule has 0 spiro atoms. The van der Waals surface area contributed by atoms with E-state index in [0.29, 0.717) is 16.7 Å². The molecule has 0 bridgehead atoms. The Bertz CT molecular complexity index is 600. The average Bonchev–Trinajstić information content (AvgIpc) is 2.39. The number of hydrogen-bond donors (Lipinski definition) is 1. The standard InChI is InChI=1S/C15H13NO2/c1-10-5-7-11(8-6-10)14(17)12-3-2-4-13(9-12)15(16)18/h2-9H,1H3,(H2,16,18). The second-order valence-corrected chi connectivity index (χ2v) is 4.14. The number of carbonyl (C=O) groups is 2. The van der Waals surface area contributed by atoms with Crippen molar-refractivity contribution in [2.24, 2.45) is 5.73 Å². The van der Waals surface area contributed by atoms with E-state index in [0.717, 1.165) is 5.56 Å². The number of aryl methyl sites for hydroxylation is 1. The van der Waals surface area contributed by atoms with Gasteiger partial charge in [-0.05, 0) is 19.1 Å². The van der Waals surface area contributed by atoms with Gasteiger partial charge < -0.3 is 5.73 Å². The van der Waals surface area contributed by atoms with Crippen molar-refractivity contribution in [3.63, 3.8) is 0 Å². The van der Waals surface area contributed by atoms with Gasteiger partial charge in [-0.1, -0.05) is 42.0 Å². The van der Waals surface area contributed by atoms with E-state index in [9.17, 15) is 9.59 Å². The van der Waals surface area contributed by atoms with E-state index < -0.39 is 5.91 Å². The molecule has 0 aliphatic rings. The molecule has 3 heteroatoms. The fourth-order valence-corrected chi connectivity index (χ4v) is 1.69. The molecule has 3 nitrogen and oxygen atoms in total. The number of nitrogens with two attached hydrogens (primary N) is 1. The molecule has 0 radical (unpaired) electrons. The van der Waals surface area contributed by atoms with E-state index in [4.69, 9.17) is 5.73 Å². The molecular formula is C15H13NO2. The number of ketones is 1. The molecule has 0 saturated heterocycles. The Kier molecular flexibility index (Phi) is 3.24.